The van der Waals surface area contributed by atoms with Crippen molar-refractivity contribution in [3.05, 3.63) is 54.1 Å². The van der Waals surface area contributed by atoms with E-state index in [0.29, 0.717) is 18.0 Å². The van der Waals surface area contributed by atoms with E-state index in [1.54, 1.807) is 6.07 Å². The van der Waals surface area contributed by atoms with Crippen LogP contribution in [0.4, 0.5) is 11.4 Å². The average molecular weight is 433 g/mol. The van der Waals surface area contributed by atoms with E-state index in [1.165, 1.54) is 11.8 Å². The van der Waals surface area contributed by atoms with Gasteiger partial charge in [0, 0.05) is 34.1 Å². The van der Waals surface area contributed by atoms with E-state index in [9.17, 15) is 13.2 Å². The molecule has 1 fully saturated rings. The third-order valence-electron chi connectivity index (χ3n) is 5.04. The molecule has 0 radical (unpaired) electrons. The Morgan fingerprint density at radius 2 is 1.86 bits per heavy atom. The lowest BCUT2D eigenvalue weighted by Crippen LogP contribution is -2.30. The summed E-state index contributed by atoms with van der Waals surface area (Å²) in [6, 6.07) is 15.6. The van der Waals surface area contributed by atoms with Crippen molar-refractivity contribution in [2.24, 2.45) is 0 Å². The molecule has 1 amide bonds. The molecule has 5 nitrogen and oxygen atoms in total. The highest BCUT2D eigenvalue weighted by atomic mass is 32.2. The molecule has 29 heavy (non-hydrogen) atoms. The zero-order valence-electron chi connectivity index (χ0n) is 17.1. The monoisotopic (exact) mass is 432 g/mol. The Labute approximate surface area is 177 Å². The van der Waals surface area contributed by atoms with Crippen molar-refractivity contribution in [1.82, 2.24) is 0 Å². The standard InChI is InChI=1S/C22H28N2O3S2/c1-4-24(16(2)3)18-11-9-17(10-12-18)23-22(25)20-7-5-6-8-21(20)28-19-13-14-29(26,27)15-19/h5-12,16,19H,4,13-15H2,1-3H3,(H,23,25). The van der Waals surface area contributed by atoms with Crippen LogP contribution in [0.3, 0.4) is 0 Å². The van der Waals surface area contributed by atoms with Crippen molar-refractivity contribution in [2.75, 3.05) is 28.3 Å². The van der Waals surface area contributed by atoms with Crippen molar-refractivity contribution in [2.45, 2.75) is 43.4 Å². The number of hydrogen-bond donors (Lipinski definition) is 1. The normalized spacial score (nSPS) is 18.0. The Morgan fingerprint density at radius 1 is 1.17 bits per heavy atom. The lowest BCUT2D eigenvalue weighted by atomic mass is 10.2. The molecule has 2 aromatic carbocycles. The fraction of sp³-hybridized carbons (Fsp3) is 0.409. The van der Waals surface area contributed by atoms with Crippen molar-refractivity contribution in [3.8, 4) is 0 Å². The first-order valence-corrected chi connectivity index (χ1v) is 12.6. The summed E-state index contributed by atoms with van der Waals surface area (Å²) >= 11 is 1.48. The average Bonchev–Trinajstić information content (AvgIpc) is 3.02. The number of thioether (sulfide) groups is 1. The van der Waals surface area contributed by atoms with Gasteiger partial charge in [0.1, 0.15) is 0 Å². The zero-order valence-corrected chi connectivity index (χ0v) is 18.7. The highest BCUT2D eigenvalue weighted by molar-refractivity contribution is 8.02. The van der Waals surface area contributed by atoms with Crippen molar-refractivity contribution in [3.63, 3.8) is 0 Å². The topological polar surface area (TPSA) is 66.5 Å². The fourth-order valence-corrected chi connectivity index (χ4v) is 7.20. The maximum atomic E-state index is 12.9. The number of carbonyl (C=O) groups is 1. The van der Waals surface area contributed by atoms with E-state index in [0.717, 1.165) is 22.8 Å². The summed E-state index contributed by atoms with van der Waals surface area (Å²) < 4.78 is 23.5. The number of anilines is 2. The number of carbonyl (C=O) groups excluding carboxylic acids is 1. The Kier molecular flexibility index (Phi) is 6.90. The quantitative estimate of drug-likeness (QED) is 0.700. The Hall–Kier alpha value is -1.99. The lowest BCUT2D eigenvalue weighted by Gasteiger charge is -2.27. The third kappa shape index (κ3) is 5.54. The second-order valence-electron chi connectivity index (χ2n) is 7.52. The maximum absolute atomic E-state index is 12.9. The van der Waals surface area contributed by atoms with Gasteiger partial charge in [0.05, 0.1) is 17.1 Å². The number of sulfone groups is 1. The van der Waals surface area contributed by atoms with Crippen molar-refractivity contribution in [1.29, 1.82) is 0 Å². The van der Waals surface area contributed by atoms with Crippen molar-refractivity contribution < 1.29 is 13.2 Å². The Balaban J connectivity index is 1.71. The molecule has 0 aliphatic carbocycles. The fourth-order valence-electron chi connectivity index (χ4n) is 3.57. The molecular weight excluding hydrogens is 404 g/mol. The van der Waals surface area contributed by atoms with Gasteiger partial charge in [-0.15, -0.1) is 11.8 Å². The van der Waals surface area contributed by atoms with Gasteiger partial charge in [-0.25, -0.2) is 8.42 Å². The zero-order chi connectivity index (χ0) is 21.0. The van der Waals surface area contributed by atoms with Crippen LogP contribution in [-0.4, -0.2) is 43.7 Å². The van der Waals surface area contributed by atoms with E-state index < -0.39 is 9.84 Å². The summed E-state index contributed by atoms with van der Waals surface area (Å²) in [7, 11) is -2.94. The smallest absolute Gasteiger partial charge is 0.256 e. The van der Waals surface area contributed by atoms with Crippen LogP contribution >= 0.6 is 11.8 Å². The number of benzene rings is 2. The summed E-state index contributed by atoms with van der Waals surface area (Å²) in [4.78, 5) is 16.0. The van der Waals surface area contributed by atoms with Gasteiger partial charge in [0.15, 0.2) is 9.84 Å². The molecule has 1 unspecified atom stereocenters. The second kappa shape index (κ2) is 9.22. The molecule has 2 aromatic rings. The van der Waals surface area contributed by atoms with Crippen LogP contribution in [0.15, 0.2) is 53.4 Å². The van der Waals surface area contributed by atoms with Crippen LogP contribution in [0, 0.1) is 0 Å². The molecule has 1 aliphatic heterocycles. The van der Waals surface area contributed by atoms with E-state index in [2.05, 4.69) is 31.0 Å². The summed E-state index contributed by atoms with van der Waals surface area (Å²) in [5.41, 5.74) is 2.43. The summed E-state index contributed by atoms with van der Waals surface area (Å²) in [5, 5.41) is 2.97. The molecule has 0 aromatic heterocycles. The second-order valence-corrected chi connectivity index (χ2v) is 11.1. The predicted octanol–water partition coefficient (Wildman–Crippen LogP) is 4.45. The number of amides is 1. The highest BCUT2D eigenvalue weighted by Gasteiger charge is 2.29. The molecule has 3 rings (SSSR count). The first-order chi connectivity index (χ1) is 13.8. The molecule has 156 valence electrons. The molecule has 0 saturated carbocycles. The van der Waals surface area contributed by atoms with Crippen LogP contribution < -0.4 is 10.2 Å². The molecule has 0 spiro atoms. The van der Waals surface area contributed by atoms with Gasteiger partial charge >= 0.3 is 0 Å². The maximum Gasteiger partial charge on any atom is 0.256 e. The van der Waals surface area contributed by atoms with Crippen LogP contribution in [0.1, 0.15) is 37.6 Å². The van der Waals surface area contributed by atoms with E-state index >= 15 is 0 Å². The molecule has 1 atom stereocenters. The minimum Gasteiger partial charge on any atom is -0.369 e. The Bertz CT molecular complexity index is 956. The van der Waals surface area contributed by atoms with Gasteiger partial charge in [-0.3, -0.25) is 4.79 Å². The van der Waals surface area contributed by atoms with E-state index in [4.69, 9.17) is 0 Å². The summed E-state index contributed by atoms with van der Waals surface area (Å²) in [6.07, 6.45) is 0.633. The SMILES string of the molecule is CCN(c1ccc(NC(=O)c2ccccc2SC2CCS(=O)(=O)C2)cc1)C(C)C. The molecule has 1 N–H and O–H groups in total. The molecule has 0 bridgehead atoms. The first-order valence-electron chi connectivity index (χ1n) is 9.93. The third-order valence-corrected chi connectivity index (χ3v) is 8.36. The molecule has 7 heteroatoms. The Morgan fingerprint density at radius 3 is 2.45 bits per heavy atom. The summed E-state index contributed by atoms with van der Waals surface area (Å²) in [6.45, 7) is 7.36. The van der Waals surface area contributed by atoms with E-state index in [-0.39, 0.29) is 22.7 Å². The first kappa shape index (κ1) is 21.7. The summed E-state index contributed by atoms with van der Waals surface area (Å²) in [5.74, 6) is 0.230. The number of nitrogens with one attached hydrogen (secondary N) is 1. The van der Waals surface area contributed by atoms with Gasteiger partial charge < -0.3 is 10.2 Å². The highest BCUT2D eigenvalue weighted by Crippen LogP contribution is 2.33. The number of hydrogen-bond acceptors (Lipinski definition) is 5. The van der Waals surface area contributed by atoms with Gasteiger partial charge in [-0.05, 0) is 63.6 Å². The van der Waals surface area contributed by atoms with Gasteiger partial charge in [0.2, 0.25) is 0 Å². The van der Waals surface area contributed by atoms with E-state index in [1.807, 2.05) is 42.5 Å². The number of rotatable bonds is 7. The van der Waals surface area contributed by atoms with Gasteiger partial charge in [0.25, 0.3) is 5.91 Å². The van der Waals surface area contributed by atoms with Gasteiger partial charge in [-0.1, -0.05) is 12.1 Å². The van der Waals surface area contributed by atoms with Crippen LogP contribution in [0.25, 0.3) is 0 Å². The van der Waals surface area contributed by atoms with Gasteiger partial charge in [-0.2, -0.15) is 0 Å². The molecule has 1 saturated heterocycles. The molecular formula is C22H28N2O3S2. The lowest BCUT2D eigenvalue weighted by molar-refractivity contribution is 0.102. The van der Waals surface area contributed by atoms with Crippen LogP contribution in [-0.2, 0) is 9.84 Å². The minimum absolute atomic E-state index is 0.00398. The minimum atomic E-state index is -2.94. The van der Waals surface area contributed by atoms with Crippen LogP contribution in [0.2, 0.25) is 0 Å². The molecule has 1 aliphatic rings. The predicted molar refractivity (Wildman–Crippen MR) is 122 cm³/mol. The van der Waals surface area contributed by atoms with Crippen molar-refractivity contribution >= 4 is 38.9 Å². The molecule has 1 heterocycles. The van der Waals surface area contributed by atoms with Crippen LogP contribution in [0.5, 0.6) is 0 Å². The largest absolute Gasteiger partial charge is 0.369 e. The number of nitrogens with zero attached hydrogens (tertiary/aromatic N) is 1.